The molecular formula is C30H35Cl2N3O6S. The smallest absolute Gasteiger partial charge is 0.264 e. The lowest BCUT2D eigenvalue weighted by molar-refractivity contribution is -0.139. The van der Waals surface area contributed by atoms with E-state index in [1.807, 2.05) is 6.92 Å². The van der Waals surface area contributed by atoms with Gasteiger partial charge in [-0.15, -0.1) is 0 Å². The largest absolute Gasteiger partial charge is 0.497 e. The van der Waals surface area contributed by atoms with Gasteiger partial charge in [-0.05, 0) is 61.9 Å². The van der Waals surface area contributed by atoms with Crippen LogP contribution in [0.15, 0.2) is 71.6 Å². The van der Waals surface area contributed by atoms with E-state index in [4.69, 9.17) is 32.7 Å². The summed E-state index contributed by atoms with van der Waals surface area (Å²) >= 11 is 12.9. The molecule has 0 spiro atoms. The van der Waals surface area contributed by atoms with Crippen LogP contribution >= 0.6 is 23.2 Å². The van der Waals surface area contributed by atoms with Crippen LogP contribution in [0.2, 0.25) is 10.0 Å². The third kappa shape index (κ3) is 7.87. The Hall–Kier alpha value is -3.47. The third-order valence-electron chi connectivity index (χ3n) is 6.67. The van der Waals surface area contributed by atoms with Crippen molar-refractivity contribution in [2.24, 2.45) is 0 Å². The number of rotatable bonds is 14. The Balaban J connectivity index is 2.08. The number of benzene rings is 3. The van der Waals surface area contributed by atoms with E-state index in [2.05, 4.69) is 5.32 Å². The van der Waals surface area contributed by atoms with E-state index < -0.39 is 28.5 Å². The number of amides is 2. The lowest BCUT2D eigenvalue weighted by Gasteiger charge is -2.32. The monoisotopic (exact) mass is 635 g/mol. The van der Waals surface area contributed by atoms with Crippen LogP contribution in [0.3, 0.4) is 0 Å². The average Bonchev–Trinajstić information content (AvgIpc) is 2.99. The van der Waals surface area contributed by atoms with Gasteiger partial charge in [-0.25, -0.2) is 8.42 Å². The fourth-order valence-corrected chi connectivity index (χ4v) is 6.14. The van der Waals surface area contributed by atoms with Crippen LogP contribution in [0.1, 0.15) is 32.3 Å². The predicted molar refractivity (Wildman–Crippen MR) is 165 cm³/mol. The molecule has 3 aromatic carbocycles. The highest BCUT2D eigenvalue weighted by Gasteiger charge is 2.34. The molecule has 0 aliphatic rings. The number of nitrogens with zero attached hydrogens (tertiary/aromatic N) is 2. The molecule has 226 valence electrons. The van der Waals surface area contributed by atoms with Crippen LogP contribution in [0.25, 0.3) is 0 Å². The van der Waals surface area contributed by atoms with Crippen molar-refractivity contribution in [3.8, 4) is 11.5 Å². The summed E-state index contributed by atoms with van der Waals surface area (Å²) < 4.78 is 39.7. The number of carbonyl (C=O) groups is 2. The van der Waals surface area contributed by atoms with Crippen molar-refractivity contribution in [3.05, 3.63) is 82.3 Å². The van der Waals surface area contributed by atoms with Gasteiger partial charge >= 0.3 is 0 Å². The van der Waals surface area contributed by atoms with Crippen molar-refractivity contribution in [1.82, 2.24) is 10.2 Å². The first-order valence-electron chi connectivity index (χ1n) is 13.3. The second kappa shape index (κ2) is 15.1. The summed E-state index contributed by atoms with van der Waals surface area (Å²) in [6, 6.07) is 16.3. The van der Waals surface area contributed by atoms with E-state index in [1.54, 1.807) is 49.4 Å². The van der Waals surface area contributed by atoms with Crippen LogP contribution in [0.5, 0.6) is 11.5 Å². The maximum absolute atomic E-state index is 14.1. The first-order chi connectivity index (χ1) is 20.0. The van der Waals surface area contributed by atoms with Gasteiger partial charge in [-0.2, -0.15) is 0 Å². The lowest BCUT2D eigenvalue weighted by Crippen LogP contribution is -2.51. The zero-order chi connectivity index (χ0) is 30.9. The van der Waals surface area contributed by atoms with Crippen molar-refractivity contribution >= 4 is 50.7 Å². The molecule has 3 rings (SSSR count). The highest BCUT2D eigenvalue weighted by molar-refractivity contribution is 7.92. The summed E-state index contributed by atoms with van der Waals surface area (Å²) in [6.45, 7) is 3.26. The minimum Gasteiger partial charge on any atom is -0.497 e. The van der Waals surface area contributed by atoms with E-state index in [0.29, 0.717) is 27.9 Å². The Labute approximate surface area is 257 Å². The predicted octanol–water partition coefficient (Wildman–Crippen LogP) is 5.54. The molecule has 0 fully saturated rings. The molecule has 0 aliphatic heterocycles. The maximum atomic E-state index is 14.1. The summed E-state index contributed by atoms with van der Waals surface area (Å²) in [6.07, 6.45) is 1.65. The minimum absolute atomic E-state index is 0.0620. The molecule has 1 atom stereocenters. The maximum Gasteiger partial charge on any atom is 0.264 e. The molecule has 0 bridgehead atoms. The molecule has 1 unspecified atom stereocenters. The number of ether oxygens (including phenoxy) is 2. The molecular weight excluding hydrogens is 601 g/mol. The molecule has 0 aromatic heterocycles. The van der Waals surface area contributed by atoms with Crippen LogP contribution < -0.4 is 19.1 Å². The van der Waals surface area contributed by atoms with Gasteiger partial charge in [0.2, 0.25) is 11.8 Å². The number of nitrogens with one attached hydrogen (secondary N) is 1. The molecule has 42 heavy (non-hydrogen) atoms. The van der Waals surface area contributed by atoms with Crippen LogP contribution in [-0.2, 0) is 26.2 Å². The van der Waals surface area contributed by atoms with E-state index in [-0.39, 0.29) is 28.8 Å². The molecule has 0 radical (unpaired) electrons. The summed E-state index contributed by atoms with van der Waals surface area (Å²) in [7, 11) is -1.41. The number of hydrogen-bond acceptors (Lipinski definition) is 6. The van der Waals surface area contributed by atoms with Gasteiger partial charge < -0.3 is 19.7 Å². The summed E-state index contributed by atoms with van der Waals surface area (Å²) in [5.74, 6) is -0.318. The normalized spacial score (nSPS) is 11.9. The van der Waals surface area contributed by atoms with Crippen LogP contribution in [-0.4, -0.2) is 58.5 Å². The number of anilines is 1. The van der Waals surface area contributed by atoms with Crippen molar-refractivity contribution in [2.75, 3.05) is 31.6 Å². The number of sulfonamides is 1. The summed E-state index contributed by atoms with van der Waals surface area (Å²) in [5, 5.41) is 3.46. The van der Waals surface area contributed by atoms with Gasteiger partial charge in [0.1, 0.15) is 24.1 Å². The van der Waals surface area contributed by atoms with E-state index in [9.17, 15) is 18.0 Å². The highest BCUT2D eigenvalue weighted by atomic mass is 35.5. The van der Waals surface area contributed by atoms with Gasteiger partial charge in [0, 0.05) is 28.7 Å². The van der Waals surface area contributed by atoms with Gasteiger partial charge in [-0.3, -0.25) is 13.9 Å². The number of unbranched alkanes of at least 4 members (excludes halogenated alkanes) is 1. The second-order valence-electron chi connectivity index (χ2n) is 9.40. The molecule has 1 N–H and O–H groups in total. The SMILES string of the molecule is CCCCNC(=O)C(C)N(Cc1c(Cl)cccc1Cl)C(=O)CN(c1ccccc1OC)S(=O)(=O)c1ccc(OC)cc1. The molecule has 0 aliphatic carbocycles. The standard InChI is InChI=1S/C30H35Cl2N3O6S/c1-5-6-18-33-30(37)21(2)34(19-24-25(31)10-9-11-26(24)32)29(36)20-35(27-12-7-8-13-28(27)41-4)42(38,39)23-16-14-22(40-3)15-17-23/h7-17,21H,5-6,18-20H2,1-4H3,(H,33,37). The summed E-state index contributed by atoms with van der Waals surface area (Å²) in [5.41, 5.74) is 0.587. The van der Waals surface area contributed by atoms with Crippen molar-refractivity contribution in [2.45, 2.75) is 44.2 Å². The van der Waals surface area contributed by atoms with Crippen molar-refractivity contribution in [1.29, 1.82) is 0 Å². The Bertz CT molecular complexity index is 1460. The Morgan fingerprint density at radius 2 is 1.57 bits per heavy atom. The Morgan fingerprint density at radius 1 is 0.929 bits per heavy atom. The van der Waals surface area contributed by atoms with Gasteiger partial charge in [0.25, 0.3) is 10.0 Å². The molecule has 0 heterocycles. The zero-order valence-electron chi connectivity index (χ0n) is 24.0. The highest BCUT2D eigenvalue weighted by Crippen LogP contribution is 2.33. The number of hydrogen-bond donors (Lipinski definition) is 1. The Kier molecular flexibility index (Phi) is 11.9. The molecule has 0 saturated carbocycles. The first-order valence-corrected chi connectivity index (χ1v) is 15.5. The second-order valence-corrected chi connectivity index (χ2v) is 12.1. The van der Waals surface area contributed by atoms with Crippen molar-refractivity contribution < 1.29 is 27.5 Å². The first kappa shape index (κ1) is 33.0. The molecule has 0 saturated heterocycles. The van der Waals surface area contributed by atoms with Crippen LogP contribution in [0, 0.1) is 0 Å². The van der Waals surface area contributed by atoms with Crippen LogP contribution in [0.4, 0.5) is 5.69 Å². The topological polar surface area (TPSA) is 105 Å². The van der Waals surface area contributed by atoms with E-state index in [0.717, 1.165) is 17.1 Å². The Morgan fingerprint density at radius 3 is 2.17 bits per heavy atom. The zero-order valence-corrected chi connectivity index (χ0v) is 26.3. The molecule has 9 nitrogen and oxygen atoms in total. The number of methoxy groups -OCH3 is 2. The summed E-state index contributed by atoms with van der Waals surface area (Å²) in [4.78, 5) is 28.4. The van der Waals surface area contributed by atoms with Gasteiger partial charge in [0.15, 0.2) is 0 Å². The quantitative estimate of drug-likeness (QED) is 0.233. The fourth-order valence-electron chi connectivity index (χ4n) is 4.20. The van der Waals surface area contributed by atoms with Gasteiger partial charge in [-0.1, -0.05) is 54.7 Å². The third-order valence-corrected chi connectivity index (χ3v) is 9.15. The van der Waals surface area contributed by atoms with Gasteiger partial charge in [0.05, 0.1) is 24.8 Å². The lowest BCUT2D eigenvalue weighted by atomic mass is 10.1. The average molecular weight is 637 g/mol. The fraction of sp³-hybridized carbons (Fsp3) is 0.333. The molecule has 3 aromatic rings. The molecule has 2 amide bonds. The number of carbonyl (C=O) groups excluding carboxylic acids is 2. The number of para-hydroxylation sites is 2. The van der Waals surface area contributed by atoms with E-state index in [1.165, 1.54) is 43.4 Å². The van der Waals surface area contributed by atoms with E-state index >= 15 is 0 Å². The minimum atomic E-state index is -4.30. The van der Waals surface area contributed by atoms with Crippen molar-refractivity contribution in [3.63, 3.8) is 0 Å². The number of halogens is 2. The molecule has 12 heteroatoms.